The maximum absolute atomic E-state index is 13.2. The first-order valence-electron chi connectivity index (χ1n) is 5.95. The zero-order valence-electron chi connectivity index (χ0n) is 10.6. The molecule has 0 amide bonds. The first-order valence-corrected chi connectivity index (χ1v) is 6.94. The average Bonchev–Trinajstić information content (AvgIpc) is 2.44. The molecule has 0 aromatic heterocycles. The van der Waals surface area contributed by atoms with Gasteiger partial charge in [0.05, 0.1) is 0 Å². The monoisotopic (exact) mass is 290 g/mol. The molecule has 1 nitrogen and oxygen atoms in total. The molecule has 1 N–H and O–H groups in total. The van der Waals surface area contributed by atoms with Crippen LogP contribution in [-0.4, -0.2) is 11.7 Å². The van der Waals surface area contributed by atoms with Gasteiger partial charge >= 0.3 is 0 Å². The van der Waals surface area contributed by atoms with Crippen LogP contribution < -0.4 is 0 Å². The molecule has 0 spiro atoms. The van der Waals surface area contributed by atoms with Crippen LogP contribution in [0.2, 0.25) is 0 Å². The van der Waals surface area contributed by atoms with Gasteiger partial charge < -0.3 is 5.11 Å². The van der Waals surface area contributed by atoms with Crippen molar-refractivity contribution < 1.29 is 13.9 Å². The van der Waals surface area contributed by atoms with Crippen LogP contribution in [0.15, 0.2) is 47.4 Å². The summed E-state index contributed by atoms with van der Waals surface area (Å²) in [6.45, 7) is -0.271. The van der Waals surface area contributed by atoms with E-state index in [9.17, 15) is 8.78 Å². The van der Waals surface area contributed by atoms with E-state index in [2.05, 4.69) is 11.8 Å². The van der Waals surface area contributed by atoms with Gasteiger partial charge in [0.1, 0.15) is 18.2 Å². The highest BCUT2D eigenvalue weighted by atomic mass is 32.2. The zero-order valence-corrected chi connectivity index (χ0v) is 11.4. The Morgan fingerprint density at radius 2 is 1.85 bits per heavy atom. The Balaban J connectivity index is 2.16. The predicted octanol–water partition coefficient (Wildman–Crippen LogP) is 3.60. The molecule has 0 fully saturated rings. The third kappa shape index (κ3) is 4.09. The number of aliphatic hydroxyl groups excluding tert-OH is 1. The third-order valence-corrected chi connectivity index (χ3v) is 3.61. The summed E-state index contributed by atoms with van der Waals surface area (Å²) >= 11 is 1.45. The molecule has 0 bridgehead atoms. The molecule has 102 valence electrons. The Hall–Kier alpha value is -1.83. The molecule has 4 heteroatoms. The van der Waals surface area contributed by atoms with Gasteiger partial charge in [0, 0.05) is 16.2 Å². The predicted molar refractivity (Wildman–Crippen MR) is 76.3 cm³/mol. The standard InChI is InChI=1S/C16H12F2OS/c17-14-4-1-5-16(10-14)20-11-13-6-7-15(18)9-12(13)3-2-8-19/h1,4-7,9-10,19H,8,11H2. The third-order valence-electron chi connectivity index (χ3n) is 2.56. The highest BCUT2D eigenvalue weighted by Crippen LogP contribution is 2.25. The van der Waals surface area contributed by atoms with E-state index in [1.165, 1.54) is 36.0 Å². The number of hydrogen-bond acceptors (Lipinski definition) is 2. The first-order chi connectivity index (χ1) is 9.69. The molecule has 0 aliphatic rings. The smallest absolute Gasteiger partial charge is 0.124 e. The fourth-order valence-corrected chi connectivity index (χ4v) is 2.59. The molecule has 0 aliphatic carbocycles. The molecule has 2 rings (SSSR count). The SMILES string of the molecule is OCC#Cc1cc(F)ccc1CSc1cccc(F)c1. The highest BCUT2D eigenvalue weighted by molar-refractivity contribution is 7.98. The van der Waals surface area contributed by atoms with E-state index in [0.29, 0.717) is 11.3 Å². The van der Waals surface area contributed by atoms with Crippen LogP contribution in [0, 0.1) is 23.5 Å². The van der Waals surface area contributed by atoms with Gasteiger partial charge in [0.25, 0.3) is 0 Å². The fourth-order valence-electron chi connectivity index (χ4n) is 1.64. The largest absolute Gasteiger partial charge is 0.384 e. The van der Waals surface area contributed by atoms with Crippen molar-refractivity contribution in [2.24, 2.45) is 0 Å². The van der Waals surface area contributed by atoms with E-state index in [0.717, 1.165) is 10.5 Å². The number of thioether (sulfide) groups is 1. The molecule has 0 atom stereocenters. The molecule has 0 aliphatic heterocycles. The van der Waals surface area contributed by atoms with E-state index in [1.807, 2.05) is 6.07 Å². The number of aliphatic hydroxyl groups is 1. The molecule has 2 aromatic rings. The van der Waals surface area contributed by atoms with Crippen molar-refractivity contribution in [2.75, 3.05) is 6.61 Å². The van der Waals surface area contributed by atoms with Crippen molar-refractivity contribution >= 4 is 11.8 Å². The Labute approximate surface area is 120 Å². The minimum absolute atomic E-state index is 0.271. The normalized spacial score (nSPS) is 9.95. The molecular weight excluding hydrogens is 278 g/mol. The zero-order chi connectivity index (χ0) is 14.4. The second-order valence-electron chi connectivity index (χ2n) is 4.01. The second kappa shape index (κ2) is 7.09. The summed E-state index contributed by atoms with van der Waals surface area (Å²) in [4.78, 5) is 0.801. The van der Waals surface area contributed by atoms with Crippen molar-refractivity contribution in [1.29, 1.82) is 0 Å². The summed E-state index contributed by atoms with van der Waals surface area (Å²) in [6.07, 6.45) is 0. The van der Waals surface area contributed by atoms with Gasteiger partial charge in [-0.3, -0.25) is 0 Å². The molecule has 0 saturated heterocycles. The lowest BCUT2D eigenvalue weighted by molar-refractivity contribution is 0.350. The van der Waals surface area contributed by atoms with Crippen molar-refractivity contribution in [2.45, 2.75) is 10.6 Å². The topological polar surface area (TPSA) is 20.2 Å². The quantitative estimate of drug-likeness (QED) is 0.688. The van der Waals surface area contributed by atoms with Gasteiger partial charge in [-0.15, -0.1) is 11.8 Å². The van der Waals surface area contributed by atoms with Gasteiger partial charge in [-0.1, -0.05) is 24.0 Å². The maximum atomic E-state index is 13.2. The van der Waals surface area contributed by atoms with Gasteiger partial charge in [0.15, 0.2) is 0 Å². The van der Waals surface area contributed by atoms with Gasteiger partial charge in [-0.05, 0) is 35.9 Å². The maximum Gasteiger partial charge on any atom is 0.124 e. The Morgan fingerprint density at radius 1 is 1.05 bits per heavy atom. The number of benzene rings is 2. The molecule has 0 radical (unpaired) electrons. The summed E-state index contributed by atoms with van der Waals surface area (Å²) < 4.78 is 26.3. The Bertz CT molecular complexity index is 659. The van der Waals surface area contributed by atoms with E-state index in [4.69, 9.17) is 5.11 Å². The van der Waals surface area contributed by atoms with E-state index < -0.39 is 0 Å². The Morgan fingerprint density at radius 3 is 2.60 bits per heavy atom. The van der Waals surface area contributed by atoms with Gasteiger partial charge in [-0.25, -0.2) is 8.78 Å². The van der Waals surface area contributed by atoms with Crippen molar-refractivity contribution in [3.05, 3.63) is 65.2 Å². The lowest BCUT2D eigenvalue weighted by atomic mass is 10.1. The summed E-state index contributed by atoms with van der Waals surface area (Å²) in [7, 11) is 0. The number of rotatable bonds is 3. The van der Waals surface area contributed by atoms with Crippen LogP contribution >= 0.6 is 11.8 Å². The molecule has 0 unspecified atom stereocenters. The number of hydrogen-bond donors (Lipinski definition) is 1. The van der Waals surface area contributed by atoms with Crippen LogP contribution in [0.4, 0.5) is 8.78 Å². The minimum Gasteiger partial charge on any atom is -0.384 e. The van der Waals surface area contributed by atoms with Crippen LogP contribution in [0.5, 0.6) is 0 Å². The Kier molecular flexibility index (Phi) is 5.16. The van der Waals surface area contributed by atoms with Crippen LogP contribution in [-0.2, 0) is 5.75 Å². The van der Waals surface area contributed by atoms with Crippen LogP contribution in [0.1, 0.15) is 11.1 Å². The summed E-state index contributed by atoms with van der Waals surface area (Å²) in [5.41, 5.74) is 1.39. The van der Waals surface area contributed by atoms with Crippen molar-refractivity contribution in [3.8, 4) is 11.8 Å². The summed E-state index contributed by atoms with van der Waals surface area (Å²) in [5, 5.41) is 8.71. The van der Waals surface area contributed by atoms with E-state index in [-0.39, 0.29) is 18.2 Å². The number of halogens is 2. The second-order valence-corrected chi connectivity index (χ2v) is 5.06. The average molecular weight is 290 g/mol. The van der Waals surface area contributed by atoms with Crippen molar-refractivity contribution in [3.63, 3.8) is 0 Å². The molecule has 20 heavy (non-hydrogen) atoms. The lowest BCUT2D eigenvalue weighted by Crippen LogP contribution is -1.90. The minimum atomic E-state index is -0.369. The lowest BCUT2D eigenvalue weighted by Gasteiger charge is -2.05. The molecular formula is C16H12F2OS. The van der Waals surface area contributed by atoms with Gasteiger partial charge in [-0.2, -0.15) is 0 Å². The molecule has 0 saturated carbocycles. The first kappa shape index (κ1) is 14.6. The van der Waals surface area contributed by atoms with Gasteiger partial charge in [0.2, 0.25) is 0 Å². The van der Waals surface area contributed by atoms with E-state index >= 15 is 0 Å². The van der Waals surface area contributed by atoms with Crippen LogP contribution in [0.3, 0.4) is 0 Å². The van der Waals surface area contributed by atoms with Crippen molar-refractivity contribution in [1.82, 2.24) is 0 Å². The molecule has 0 heterocycles. The summed E-state index contributed by atoms with van der Waals surface area (Å²) in [6, 6.07) is 10.7. The van der Waals surface area contributed by atoms with E-state index in [1.54, 1.807) is 12.1 Å². The highest BCUT2D eigenvalue weighted by Gasteiger charge is 2.04. The fraction of sp³-hybridized carbons (Fsp3) is 0.125. The summed E-state index contributed by atoms with van der Waals surface area (Å²) in [5.74, 6) is 5.14. The van der Waals surface area contributed by atoms with Crippen LogP contribution in [0.25, 0.3) is 0 Å². The molecule has 2 aromatic carbocycles.